The van der Waals surface area contributed by atoms with Crippen LogP contribution in [0.5, 0.6) is 0 Å². The number of aromatic carboxylic acids is 1. The van der Waals surface area contributed by atoms with E-state index < -0.39 is 5.97 Å². The van der Waals surface area contributed by atoms with Crippen LogP contribution in [0.25, 0.3) is 0 Å². The minimum absolute atomic E-state index is 0.218. The molecule has 0 aliphatic rings. The van der Waals surface area contributed by atoms with E-state index in [2.05, 4.69) is 5.32 Å². The summed E-state index contributed by atoms with van der Waals surface area (Å²) in [5.41, 5.74) is 3.97. The number of aryl methyl sites for hydroxylation is 2. The van der Waals surface area contributed by atoms with Crippen LogP contribution < -0.4 is 5.32 Å². The molecule has 0 saturated carbocycles. The van der Waals surface area contributed by atoms with E-state index in [9.17, 15) is 9.18 Å². The fourth-order valence-electron chi connectivity index (χ4n) is 2.29. The fourth-order valence-corrected chi connectivity index (χ4v) is 2.29. The van der Waals surface area contributed by atoms with Crippen LogP contribution in [0.2, 0.25) is 0 Å². The molecule has 0 bridgehead atoms. The summed E-state index contributed by atoms with van der Waals surface area (Å²) in [5, 5.41) is 12.2. The molecule has 0 aromatic heterocycles. The van der Waals surface area contributed by atoms with Gasteiger partial charge in [0.05, 0.1) is 5.56 Å². The molecule has 0 aliphatic heterocycles. The summed E-state index contributed by atoms with van der Waals surface area (Å²) in [6.45, 7) is 4.38. The van der Waals surface area contributed by atoms with Gasteiger partial charge in [0.25, 0.3) is 0 Å². The lowest BCUT2D eigenvalue weighted by Gasteiger charge is -2.10. The summed E-state index contributed by atoms with van der Waals surface area (Å²) in [6, 6.07) is 9.97. The molecule has 3 nitrogen and oxygen atoms in total. The van der Waals surface area contributed by atoms with Crippen molar-refractivity contribution in [3.63, 3.8) is 0 Å². The number of nitrogens with one attached hydrogen (secondary N) is 1. The van der Waals surface area contributed by atoms with Crippen molar-refractivity contribution in [2.45, 2.75) is 20.3 Å². The molecule has 2 aromatic carbocycles. The lowest BCUT2D eigenvalue weighted by Crippen LogP contribution is -2.07. The Morgan fingerprint density at radius 3 is 2.52 bits per heavy atom. The molecule has 0 amide bonds. The molecule has 0 aliphatic carbocycles. The van der Waals surface area contributed by atoms with Gasteiger partial charge in [0.1, 0.15) is 5.82 Å². The number of halogens is 1. The van der Waals surface area contributed by atoms with Crippen LogP contribution in [0, 0.1) is 19.7 Å². The molecular weight excluding hydrogens is 269 g/mol. The molecule has 2 aromatic rings. The van der Waals surface area contributed by atoms with Gasteiger partial charge < -0.3 is 10.4 Å². The molecule has 2 rings (SSSR count). The zero-order valence-corrected chi connectivity index (χ0v) is 12.1. The second kappa shape index (κ2) is 6.39. The minimum atomic E-state index is -0.916. The first-order valence-corrected chi connectivity index (χ1v) is 6.80. The molecule has 2 N–H and O–H groups in total. The van der Waals surface area contributed by atoms with E-state index >= 15 is 0 Å². The fraction of sp³-hybridized carbons (Fsp3) is 0.235. The Balaban J connectivity index is 1.97. The van der Waals surface area contributed by atoms with E-state index in [-0.39, 0.29) is 5.82 Å². The zero-order valence-electron chi connectivity index (χ0n) is 12.1. The quantitative estimate of drug-likeness (QED) is 0.879. The Labute approximate surface area is 123 Å². The summed E-state index contributed by atoms with van der Waals surface area (Å²) in [7, 11) is 0. The van der Waals surface area contributed by atoms with Crippen LogP contribution in [0.15, 0.2) is 36.4 Å². The monoisotopic (exact) mass is 287 g/mol. The highest BCUT2D eigenvalue weighted by Crippen LogP contribution is 2.16. The molecule has 0 radical (unpaired) electrons. The maximum atomic E-state index is 13.0. The Bertz CT molecular complexity index is 668. The number of anilines is 1. The van der Waals surface area contributed by atoms with Gasteiger partial charge in [0.2, 0.25) is 0 Å². The van der Waals surface area contributed by atoms with Crippen molar-refractivity contribution in [3.8, 4) is 0 Å². The van der Waals surface area contributed by atoms with Crippen molar-refractivity contribution in [2.75, 3.05) is 11.9 Å². The second-order valence-electron chi connectivity index (χ2n) is 5.08. The first-order valence-electron chi connectivity index (χ1n) is 6.80. The van der Waals surface area contributed by atoms with Crippen molar-refractivity contribution < 1.29 is 14.3 Å². The molecule has 0 heterocycles. The summed E-state index contributed by atoms with van der Waals surface area (Å²) in [5.74, 6) is -1.13. The largest absolute Gasteiger partial charge is 0.478 e. The maximum absolute atomic E-state index is 13.0. The van der Waals surface area contributed by atoms with Crippen LogP contribution >= 0.6 is 0 Å². The average Bonchev–Trinajstić information content (AvgIpc) is 2.41. The van der Waals surface area contributed by atoms with Crippen LogP contribution in [-0.2, 0) is 6.42 Å². The van der Waals surface area contributed by atoms with E-state index in [0.29, 0.717) is 12.1 Å². The third-order valence-corrected chi connectivity index (χ3v) is 3.48. The third-order valence-electron chi connectivity index (χ3n) is 3.48. The molecule has 0 unspecified atom stereocenters. The Morgan fingerprint density at radius 2 is 1.90 bits per heavy atom. The molecule has 0 atom stereocenters. The van der Waals surface area contributed by atoms with E-state index in [4.69, 9.17) is 5.11 Å². The molecule has 0 spiro atoms. The normalized spacial score (nSPS) is 10.4. The number of benzene rings is 2. The van der Waals surface area contributed by atoms with Gasteiger partial charge in [0.15, 0.2) is 0 Å². The number of hydrogen-bond acceptors (Lipinski definition) is 2. The summed E-state index contributed by atoms with van der Waals surface area (Å²) >= 11 is 0. The SMILES string of the molecule is Cc1cc(F)ccc1CCNc1ccc(C(=O)O)c(C)c1. The minimum Gasteiger partial charge on any atom is -0.478 e. The molecule has 21 heavy (non-hydrogen) atoms. The van der Waals surface area contributed by atoms with Crippen LogP contribution in [0.4, 0.5) is 10.1 Å². The molecule has 110 valence electrons. The van der Waals surface area contributed by atoms with E-state index in [1.165, 1.54) is 12.1 Å². The lowest BCUT2D eigenvalue weighted by atomic mass is 10.1. The average molecular weight is 287 g/mol. The zero-order chi connectivity index (χ0) is 15.4. The molecule has 0 fully saturated rings. The predicted molar refractivity (Wildman–Crippen MR) is 81.5 cm³/mol. The smallest absolute Gasteiger partial charge is 0.335 e. The standard InChI is InChI=1S/C17H18FNO2/c1-11-9-14(18)4-3-13(11)7-8-19-15-5-6-16(17(20)21)12(2)10-15/h3-6,9-10,19H,7-8H2,1-2H3,(H,20,21). The molecular formula is C17H18FNO2. The second-order valence-corrected chi connectivity index (χ2v) is 5.08. The van der Waals surface area contributed by atoms with Crippen LogP contribution in [0.3, 0.4) is 0 Å². The number of carboxylic acid groups (broad SMARTS) is 1. The van der Waals surface area contributed by atoms with Gasteiger partial charge in [0, 0.05) is 12.2 Å². The number of rotatable bonds is 5. The molecule has 0 saturated heterocycles. The van der Waals surface area contributed by atoms with Gasteiger partial charge in [-0.05, 0) is 67.3 Å². The Hall–Kier alpha value is -2.36. The first kappa shape index (κ1) is 15.0. The summed E-state index contributed by atoms with van der Waals surface area (Å²) < 4.78 is 13.0. The van der Waals surface area contributed by atoms with E-state index in [1.807, 2.05) is 13.0 Å². The topological polar surface area (TPSA) is 49.3 Å². The van der Waals surface area contributed by atoms with Gasteiger partial charge in [-0.3, -0.25) is 0 Å². The van der Waals surface area contributed by atoms with Crippen molar-refractivity contribution >= 4 is 11.7 Å². The Morgan fingerprint density at radius 1 is 1.14 bits per heavy atom. The van der Waals surface area contributed by atoms with E-state index in [0.717, 1.165) is 28.8 Å². The third kappa shape index (κ3) is 3.81. The highest BCUT2D eigenvalue weighted by atomic mass is 19.1. The maximum Gasteiger partial charge on any atom is 0.335 e. The summed E-state index contributed by atoms with van der Waals surface area (Å²) in [4.78, 5) is 10.9. The van der Waals surface area contributed by atoms with Gasteiger partial charge in [-0.15, -0.1) is 0 Å². The number of carboxylic acids is 1. The highest BCUT2D eigenvalue weighted by molar-refractivity contribution is 5.89. The van der Waals surface area contributed by atoms with Gasteiger partial charge in [-0.2, -0.15) is 0 Å². The van der Waals surface area contributed by atoms with Gasteiger partial charge in [-0.25, -0.2) is 9.18 Å². The summed E-state index contributed by atoms with van der Waals surface area (Å²) in [6.07, 6.45) is 0.784. The van der Waals surface area contributed by atoms with Crippen molar-refractivity contribution in [3.05, 3.63) is 64.5 Å². The van der Waals surface area contributed by atoms with Gasteiger partial charge >= 0.3 is 5.97 Å². The number of carbonyl (C=O) groups is 1. The van der Waals surface area contributed by atoms with Gasteiger partial charge in [-0.1, -0.05) is 6.07 Å². The van der Waals surface area contributed by atoms with Crippen molar-refractivity contribution in [2.24, 2.45) is 0 Å². The van der Waals surface area contributed by atoms with Crippen LogP contribution in [-0.4, -0.2) is 17.6 Å². The predicted octanol–water partition coefficient (Wildman–Crippen LogP) is 3.80. The highest BCUT2D eigenvalue weighted by Gasteiger charge is 2.07. The van der Waals surface area contributed by atoms with E-state index in [1.54, 1.807) is 25.1 Å². The first-order chi connectivity index (χ1) is 9.97. The lowest BCUT2D eigenvalue weighted by molar-refractivity contribution is 0.0696. The van der Waals surface area contributed by atoms with Crippen molar-refractivity contribution in [1.82, 2.24) is 0 Å². The number of hydrogen-bond donors (Lipinski definition) is 2. The van der Waals surface area contributed by atoms with Crippen molar-refractivity contribution in [1.29, 1.82) is 0 Å². The Kier molecular flexibility index (Phi) is 4.58. The van der Waals surface area contributed by atoms with Crippen LogP contribution in [0.1, 0.15) is 27.0 Å². The molecule has 4 heteroatoms.